The molecular formula is C19H18ClN5O3S. The number of halogens is 1. The van der Waals surface area contributed by atoms with Crippen LogP contribution in [0.1, 0.15) is 25.0 Å². The molecule has 0 aliphatic carbocycles. The van der Waals surface area contributed by atoms with Gasteiger partial charge in [0.2, 0.25) is 0 Å². The van der Waals surface area contributed by atoms with Crippen LogP contribution in [0.25, 0.3) is 16.0 Å². The molecule has 1 aromatic heterocycles. The third-order valence-corrected chi connectivity index (χ3v) is 4.92. The van der Waals surface area contributed by atoms with Crippen molar-refractivity contribution in [3.63, 3.8) is 0 Å². The standard InChI is InChI=1S/C19H18ClN5O3S/c1-19(2,22-3)16-7-13(10-25-12-23-11-24-25)6-15(8-16)14-4-5-18(17(20)9-14)26-29-28-27-21/h4-9,11-12H,10,21H2,1-2H3. The van der Waals surface area contributed by atoms with E-state index in [9.17, 15) is 0 Å². The Morgan fingerprint density at radius 2 is 2.07 bits per heavy atom. The van der Waals surface area contributed by atoms with Gasteiger partial charge in [-0.25, -0.2) is 16.2 Å². The number of aromatic nitrogens is 3. The number of nitrogens with zero attached hydrogens (tertiary/aromatic N) is 4. The van der Waals surface area contributed by atoms with E-state index in [0.29, 0.717) is 29.6 Å². The van der Waals surface area contributed by atoms with Gasteiger partial charge in [-0.1, -0.05) is 17.7 Å². The summed E-state index contributed by atoms with van der Waals surface area (Å²) in [5, 5.41) is 4.55. The first kappa shape index (κ1) is 21.1. The maximum absolute atomic E-state index is 7.55. The van der Waals surface area contributed by atoms with E-state index in [-0.39, 0.29) is 0 Å². The summed E-state index contributed by atoms with van der Waals surface area (Å²) in [5.41, 5.74) is 3.04. The fraction of sp³-hybridized carbons (Fsp3) is 0.211. The number of hydrogen-bond donors (Lipinski definition) is 1. The Kier molecular flexibility index (Phi) is 6.74. The molecule has 0 aliphatic heterocycles. The van der Waals surface area contributed by atoms with E-state index >= 15 is 0 Å². The molecule has 0 fully saturated rings. The van der Waals surface area contributed by atoms with Gasteiger partial charge in [-0.2, -0.15) is 11.0 Å². The molecule has 3 aromatic rings. The molecule has 10 heteroatoms. The summed E-state index contributed by atoms with van der Waals surface area (Å²) in [4.78, 5) is 11.7. The first-order valence-electron chi connectivity index (χ1n) is 8.45. The molecular weight excluding hydrogens is 414 g/mol. The van der Waals surface area contributed by atoms with Gasteiger partial charge in [0.1, 0.15) is 12.7 Å². The smallest absolute Gasteiger partial charge is 0.260 e. The van der Waals surface area contributed by atoms with E-state index in [1.807, 2.05) is 38.1 Å². The van der Waals surface area contributed by atoms with Gasteiger partial charge in [0.05, 0.1) is 11.6 Å². The topological polar surface area (TPSA) is 88.8 Å². The highest BCUT2D eigenvalue weighted by Gasteiger charge is 2.27. The van der Waals surface area contributed by atoms with Gasteiger partial charge in [0, 0.05) is 19.4 Å². The molecule has 2 N–H and O–H groups in total. The average molecular weight is 432 g/mol. The zero-order valence-corrected chi connectivity index (χ0v) is 17.3. The summed E-state index contributed by atoms with van der Waals surface area (Å²) in [5.74, 6) is 5.17. The van der Waals surface area contributed by atoms with Gasteiger partial charge in [0.15, 0.2) is 5.75 Å². The van der Waals surface area contributed by atoms with Crippen molar-refractivity contribution in [2.45, 2.75) is 25.9 Å². The van der Waals surface area contributed by atoms with Crippen molar-refractivity contribution in [1.29, 1.82) is 0 Å². The maximum atomic E-state index is 7.55. The van der Waals surface area contributed by atoms with Crippen molar-refractivity contribution in [3.8, 4) is 16.9 Å². The molecule has 0 atom stereocenters. The fourth-order valence-corrected chi connectivity index (χ4v) is 3.23. The number of hydrogen-bond acceptors (Lipinski definition) is 7. The zero-order valence-electron chi connectivity index (χ0n) is 15.7. The van der Waals surface area contributed by atoms with E-state index in [4.69, 9.17) is 28.3 Å². The quantitative estimate of drug-likeness (QED) is 0.184. The predicted octanol–water partition coefficient (Wildman–Crippen LogP) is 4.57. The maximum Gasteiger partial charge on any atom is 0.260 e. The van der Waals surface area contributed by atoms with Crippen molar-refractivity contribution in [3.05, 3.63) is 76.6 Å². The third-order valence-electron chi connectivity index (χ3n) is 4.25. The molecule has 0 bridgehead atoms. The molecule has 0 radical (unpaired) electrons. The van der Waals surface area contributed by atoms with Crippen LogP contribution in [-0.4, -0.2) is 14.8 Å². The van der Waals surface area contributed by atoms with E-state index in [1.54, 1.807) is 23.1 Å². The molecule has 1 heterocycles. The summed E-state index contributed by atoms with van der Waals surface area (Å²) in [6.07, 6.45) is 3.14. The predicted molar refractivity (Wildman–Crippen MR) is 110 cm³/mol. The lowest BCUT2D eigenvalue weighted by molar-refractivity contribution is -0.199. The highest BCUT2D eigenvalue weighted by Crippen LogP contribution is 2.35. The molecule has 3 rings (SSSR count). The Balaban J connectivity index is 1.98. The SMILES string of the molecule is [C-]#[N+]C(C)(C)c1cc(Cn2cncn2)cc(-c2ccc(OSOON)c(Cl)c2)c1. The average Bonchev–Trinajstić information content (AvgIpc) is 3.22. The normalized spacial score (nSPS) is 11.3. The molecule has 0 aliphatic rings. The molecule has 8 nitrogen and oxygen atoms in total. The molecule has 0 saturated heterocycles. The summed E-state index contributed by atoms with van der Waals surface area (Å²) in [6, 6.07) is 11.4. The van der Waals surface area contributed by atoms with Gasteiger partial charge in [-0.3, -0.25) is 0 Å². The van der Waals surface area contributed by atoms with Crippen molar-refractivity contribution >= 4 is 23.9 Å². The highest BCUT2D eigenvalue weighted by molar-refractivity contribution is 7.90. The van der Waals surface area contributed by atoms with Crippen molar-refractivity contribution in [2.75, 3.05) is 0 Å². The van der Waals surface area contributed by atoms with Crippen LogP contribution in [0.2, 0.25) is 5.02 Å². The third kappa shape index (κ3) is 5.26. The minimum atomic E-state index is -0.670. The van der Waals surface area contributed by atoms with Crippen LogP contribution in [0.5, 0.6) is 5.75 Å². The summed E-state index contributed by atoms with van der Waals surface area (Å²) >= 11 is 6.89. The lowest BCUT2D eigenvalue weighted by Gasteiger charge is -2.16. The minimum absolute atomic E-state index is 0.392. The van der Waals surface area contributed by atoms with Crippen LogP contribution >= 0.6 is 23.9 Å². The second kappa shape index (κ2) is 9.26. The summed E-state index contributed by atoms with van der Waals surface area (Å²) in [6.45, 7) is 11.9. The van der Waals surface area contributed by atoms with Gasteiger partial charge in [-0.15, -0.1) is 9.32 Å². The lowest BCUT2D eigenvalue weighted by atomic mass is 9.90. The first-order chi connectivity index (χ1) is 13.9. The van der Waals surface area contributed by atoms with E-state index in [1.165, 1.54) is 6.33 Å². The lowest BCUT2D eigenvalue weighted by Crippen LogP contribution is -2.12. The number of nitrogens with two attached hydrogens (primary N) is 1. The Bertz CT molecular complexity index is 1020. The zero-order chi connectivity index (χ0) is 20.9. The Morgan fingerprint density at radius 3 is 2.72 bits per heavy atom. The first-order valence-corrected chi connectivity index (χ1v) is 9.49. The molecule has 150 valence electrons. The highest BCUT2D eigenvalue weighted by atomic mass is 35.5. The second-order valence-electron chi connectivity index (χ2n) is 6.64. The number of rotatable bonds is 8. The van der Waals surface area contributed by atoms with Crippen LogP contribution in [0.15, 0.2) is 49.1 Å². The Hall–Kier alpha value is -2.61. The number of benzene rings is 2. The monoisotopic (exact) mass is 431 g/mol. The van der Waals surface area contributed by atoms with Crippen molar-refractivity contribution < 1.29 is 13.5 Å². The molecule has 0 unspecified atom stereocenters. The van der Waals surface area contributed by atoms with Crippen molar-refractivity contribution in [1.82, 2.24) is 14.8 Å². The molecule has 0 amide bonds. The van der Waals surface area contributed by atoms with Crippen LogP contribution < -0.4 is 10.1 Å². The summed E-state index contributed by atoms with van der Waals surface area (Å²) < 4.78 is 11.4. The van der Waals surface area contributed by atoms with E-state index in [0.717, 1.165) is 22.3 Å². The van der Waals surface area contributed by atoms with E-state index in [2.05, 4.69) is 24.2 Å². The van der Waals surface area contributed by atoms with Gasteiger partial charge in [-0.05, 0) is 47.0 Å². The van der Waals surface area contributed by atoms with Crippen molar-refractivity contribution in [2.24, 2.45) is 5.90 Å². The van der Waals surface area contributed by atoms with Gasteiger partial charge >= 0.3 is 0 Å². The van der Waals surface area contributed by atoms with Gasteiger partial charge < -0.3 is 9.03 Å². The minimum Gasteiger partial charge on any atom is -0.397 e. The molecule has 2 aromatic carbocycles. The van der Waals surface area contributed by atoms with Crippen LogP contribution in [0.4, 0.5) is 0 Å². The van der Waals surface area contributed by atoms with Gasteiger partial charge in [0.25, 0.3) is 17.9 Å². The van der Waals surface area contributed by atoms with Crippen LogP contribution in [0, 0.1) is 6.57 Å². The fourth-order valence-electron chi connectivity index (χ4n) is 2.68. The Labute approximate surface area is 177 Å². The molecule has 29 heavy (non-hydrogen) atoms. The van der Waals surface area contributed by atoms with Crippen LogP contribution in [0.3, 0.4) is 0 Å². The summed E-state index contributed by atoms with van der Waals surface area (Å²) in [7, 11) is 0. The molecule has 0 spiro atoms. The largest absolute Gasteiger partial charge is 0.397 e. The van der Waals surface area contributed by atoms with Crippen LogP contribution in [-0.2, 0) is 21.4 Å². The van der Waals surface area contributed by atoms with E-state index < -0.39 is 5.54 Å². The molecule has 0 saturated carbocycles. The Morgan fingerprint density at radius 1 is 1.24 bits per heavy atom. The second-order valence-corrected chi connectivity index (χ2v) is 7.49.